The second kappa shape index (κ2) is 10.3. The van der Waals surface area contributed by atoms with Gasteiger partial charge < -0.3 is 15.5 Å². The molecule has 0 amide bonds. The predicted octanol–water partition coefficient (Wildman–Crippen LogP) is 2.96. The molecule has 0 saturated carbocycles. The smallest absolute Gasteiger partial charge is 0.191 e. The highest BCUT2D eigenvalue weighted by atomic mass is 127. The third-order valence-corrected chi connectivity index (χ3v) is 4.25. The lowest BCUT2D eigenvalue weighted by atomic mass is 9.97. The summed E-state index contributed by atoms with van der Waals surface area (Å²) < 4.78 is 0. The quantitative estimate of drug-likeness (QED) is 0.433. The molecule has 0 radical (unpaired) electrons. The number of halogens is 2. The van der Waals surface area contributed by atoms with E-state index in [9.17, 15) is 0 Å². The molecule has 0 aliphatic carbocycles. The van der Waals surface area contributed by atoms with Crippen LogP contribution < -0.4 is 10.6 Å². The van der Waals surface area contributed by atoms with Crippen LogP contribution in [0.5, 0.6) is 0 Å². The summed E-state index contributed by atoms with van der Waals surface area (Å²) >= 11 is 5.89. The Morgan fingerprint density at radius 2 is 1.86 bits per heavy atom. The minimum Gasteiger partial charge on any atom is -0.356 e. The second-order valence-corrected chi connectivity index (χ2v) is 6.12. The van der Waals surface area contributed by atoms with E-state index in [1.807, 2.05) is 31.3 Å². The van der Waals surface area contributed by atoms with Crippen molar-refractivity contribution in [2.45, 2.75) is 19.4 Å². The largest absolute Gasteiger partial charge is 0.356 e. The molecule has 1 heterocycles. The molecule has 0 bridgehead atoms. The Bertz CT molecular complexity index is 456. The van der Waals surface area contributed by atoms with Gasteiger partial charge in [-0.1, -0.05) is 23.7 Å². The van der Waals surface area contributed by atoms with E-state index in [1.165, 1.54) is 31.5 Å². The summed E-state index contributed by atoms with van der Waals surface area (Å²) in [5.74, 6) is 1.61. The van der Waals surface area contributed by atoms with Crippen molar-refractivity contribution in [3.63, 3.8) is 0 Å². The summed E-state index contributed by atoms with van der Waals surface area (Å²) in [5.41, 5.74) is 1.20. The molecule has 1 fully saturated rings. The van der Waals surface area contributed by atoms with E-state index in [2.05, 4.69) is 27.6 Å². The molecule has 1 aromatic rings. The van der Waals surface area contributed by atoms with Crippen molar-refractivity contribution < 1.29 is 0 Å². The van der Waals surface area contributed by atoms with Gasteiger partial charge in [0.05, 0.1) is 0 Å². The van der Waals surface area contributed by atoms with Crippen LogP contribution in [0.25, 0.3) is 0 Å². The highest BCUT2D eigenvalue weighted by Crippen LogP contribution is 2.14. The van der Waals surface area contributed by atoms with Crippen molar-refractivity contribution in [2.24, 2.45) is 10.9 Å². The van der Waals surface area contributed by atoms with Crippen molar-refractivity contribution in [3.8, 4) is 0 Å². The second-order valence-electron chi connectivity index (χ2n) is 5.68. The lowest BCUT2D eigenvalue weighted by Crippen LogP contribution is -2.41. The van der Waals surface area contributed by atoms with Gasteiger partial charge in [-0.05, 0) is 56.6 Å². The lowest BCUT2D eigenvalue weighted by molar-refractivity contribution is 0.220. The molecule has 2 rings (SSSR count). The number of likely N-dealkylation sites (tertiary alicyclic amines) is 1. The van der Waals surface area contributed by atoms with Crippen LogP contribution in [0.15, 0.2) is 29.3 Å². The maximum atomic E-state index is 5.89. The number of piperidine rings is 1. The normalized spacial score (nSPS) is 17.0. The van der Waals surface area contributed by atoms with Crippen LogP contribution in [0.2, 0.25) is 5.02 Å². The van der Waals surface area contributed by atoms with Crippen molar-refractivity contribution in [1.82, 2.24) is 15.5 Å². The van der Waals surface area contributed by atoms with Gasteiger partial charge in [-0.25, -0.2) is 0 Å². The highest BCUT2D eigenvalue weighted by Gasteiger charge is 2.16. The van der Waals surface area contributed by atoms with Gasteiger partial charge in [0, 0.05) is 25.2 Å². The Kier molecular flexibility index (Phi) is 9.12. The van der Waals surface area contributed by atoms with E-state index >= 15 is 0 Å². The third kappa shape index (κ3) is 6.71. The Morgan fingerprint density at radius 1 is 1.23 bits per heavy atom. The Balaban J connectivity index is 0.00000242. The van der Waals surface area contributed by atoms with Gasteiger partial charge in [0.2, 0.25) is 0 Å². The first-order chi connectivity index (χ1) is 10.2. The number of benzene rings is 1. The van der Waals surface area contributed by atoms with Crippen LogP contribution >= 0.6 is 35.6 Å². The maximum absolute atomic E-state index is 5.89. The molecule has 1 aliphatic heterocycles. The molecule has 0 unspecified atom stereocenters. The Labute approximate surface area is 155 Å². The molecule has 2 N–H and O–H groups in total. The van der Waals surface area contributed by atoms with Gasteiger partial charge in [0.15, 0.2) is 5.96 Å². The minimum atomic E-state index is 0. The molecule has 0 spiro atoms. The van der Waals surface area contributed by atoms with Gasteiger partial charge in [-0.2, -0.15) is 0 Å². The number of hydrogen-bond donors (Lipinski definition) is 2. The first-order valence-corrected chi connectivity index (χ1v) is 7.92. The molecule has 22 heavy (non-hydrogen) atoms. The molecular formula is C16H26ClIN4. The molecule has 0 aromatic heterocycles. The zero-order valence-electron chi connectivity index (χ0n) is 13.3. The molecule has 6 heteroatoms. The van der Waals surface area contributed by atoms with Crippen LogP contribution in [0.3, 0.4) is 0 Å². The average Bonchev–Trinajstić information content (AvgIpc) is 2.51. The van der Waals surface area contributed by atoms with E-state index in [-0.39, 0.29) is 24.0 Å². The third-order valence-electron chi connectivity index (χ3n) is 3.99. The molecule has 4 nitrogen and oxygen atoms in total. The van der Waals surface area contributed by atoms with E-state index in [4.69, 9.17) is 11.6 Å². The SMILES string of the molecule is CN=C(NCc1ccc(Cl)cc1)NCC1CCN(C)CC1.I. The monoisotopic (exact) mass is 436 g/mol. The topological polar surface area (TPSA) is 39.7 Å². The van der Waals surface area contributed by atoms with Crippen LogP contribution in [0.1, 0.15) is 18.4 Å². The Morgan fingerprint density at radius 3 is 2.45 bits per heavy atom. The molecule has 1 aromatic carbocycles. The predicted molar refractivity (Wildman–Crippen MR) is 105 cm³/mol. The zero-order chi connectivity index (χ0) is 15.1. The summed E-state index contributed by atoms with van der Waals surface area (Å²) in [5, 5.41) is 7.54. The number of aliphatic imine (C=N–C) groups is 1. The summed E-state index contributed by atoms with van der Waals surface area (Å²) in [6.07, 6.45) is 2.52. The number of rotatable bonds is 4. The summed E-state index contributed by atoms with van der Waals surface area (Å²) in [6, 6.07) is 7.87. The van der Waals surface area contributed by atoms with Gasteiger partial charge in [-0.15, -0.1) is 24.0 Å². The fourth-order valence-electron chi connectivity index (χ4n) is 2.52. The summed E-state index contributed by atoms with van der Waals surface area (Å²) in [4.78, 5) is 6.67. The van der Waals surface area contributed by atoms with Gasteiger partial charge in [0.25, 0.3) is 0 Å². The Hall–Kier alpha value is -0.530. The maximum Gasteiger partial charge on any atom is 0.191 e. The van der Waals surface area contributed by atoms with Crippen molar-refractivity contribution >= 4 is 41.5 Å². The zero-order valence-corrected chi connectivity index (χ0v) is 16.4. The van der Waals surface area contributed by atoms with E-state index in [0.717, 1.165) is 30.0 Å². The molecule has 124 valence electrons. The fraction of sp³-hybridized carbons (Fsp3) is 0.562. The standard InChI is InChI=1S/C16H25ClN4.HI/c1-18-16(19-11-13-3-5-15(17)6-4-13)20-12-14-7-9-21(2)10-8-14;/h3-6,14H,7-12H2,1-2H3,(H2,18,19,20);1H. The number of hydrogen-bond acceptors (Lipinski definition) is 2. The number of nitrogens with zero attached hydrogens (tertiary/aromatic N) is 2. The van der Waals surface area contributed by atoms with Crippen LogP contribution in [-0.2, 0) is 6.54 Å². The highest BCUT2D eigenvalue weighted by molar-refractivity contribution is 14.0. The minimum absolute atomic E-state index is 0. The van der Waals surface area contributed by atoms with Crippen LogP contribution in [0, 0.1) is 5.92 Å². The number of guanidine groups is 1. The first kappa shape index (κ1) is 19.5. The fourth-order valence-corrected chi connectivity index (χ4v) is 2.64. The van der Waals surface area contributed by atoms with Crippen molar-refractivity contribution in [1.29, 1.82) is 0 Å². The number of nitrogens with one attached hydrogen (secondary N) is 2. The van der Waals surface area contributed by atoms with Crippen molar-refractivity contribution in [3.05, 3.63) is 34.9 Å². The van der Waals surface area contributed by atoms with Crippen molar-refractivity contribution in [2.75, 3.05) is 33.7 Å². The van der Waals surface area contributed by atoms with E-state index in [0.29, 0.717) is 0 Å². The van der Waals surface area contributed by atoms with Gasteiger partial charge in [-0.3, -0.25) is 4.99 Å². The van der Waals surface area contributed by atoms with E-state index < -0.39 is 0 Å². The first-order valence-electron chi connectivity index (χ1n) is 7.55. The molecule has 0 atom stereocenters. The van der Waals surface area contributed by atoms with E-state index in [1.54, 1.807) is 0 Å². The summed E-state index contributed by atoms with van der Waals surface area (Å²) in [6.45, 7) is 4.14. The lowest BCUT2D eigenvalue weighted by Gasteiger charge is -2.29. The molecule has 1 aliphatic rings. The van der Waals surface area contributed by atoms with Gasteiger partial charge in [0.1, 0.15) is 0 Å². The summed E-state index contributed by atoms with van der Waals surface area (Å²) in [7, 11) is 4.00. The van der Waals surface area contributed by atoms with Crippen LogP contribution in [0.4, 0.5) is 0 Å². The molecular weight excluding hydrogens is 411 g/mol. The molecule has 1 saturated heterocycles. The van der Waals surface area contributed by atoms with Gasteiger partial charge >= 0.3 is 0 Å². The average molecular weight is 437 g/mol. The van der Waals surface area contributed by atoms with Crippen LogP contribution in [-0.4, -0.2) is 44.6 Å².